The molecular weight excluding hydrogens is 346 g/mol. The SMILES string of the molecule is Cc1noc2nc(-c3cnn(C)c3)cc(C(=O)NCCn3nccc3C)c12. The normalized spacial score (nSPS) is 11.2. The van der Waals surface area contributed by atoms with Crippen LogP contribution in [0.1, 0.15) is 21.7 Å². The molecule has 9 heteroatoms. The lowest BCUT2D eigenvalue weighted by atomic mass is 10.1. The van der Waals surface area contributed by atoms with Crippen LogP contribution in [0.25, 0.3) is 22.4 Å². The molecule has 4 heterocycles. The van der Waals surface area contributed by atoms with Crippen molar-refractivity contribution in [2.45, 2.75) is 20.4 Å². The zero-order valence-corrected chi connectivity index (χ0v) is 15.3. The van der Waals surface area contributed by atoms with Gasteiger partial charge in [-0.15, -0.1) is 0 Å². The maximum absolute atomic E-state index is 12.9. The number of fused-ring (bicyclic) bond motifs is 1. The summed E-state index contributed by atoms with van der Waals surface area (Å²) in [6, 6.07) is 3.67. The Morgan fingerprint density at radius 2 is 2.15 bits per heavy atom. The molecular formula is C18H19N7O2. The number of aromatic nitrogens is 6. The van der Waals surface area contributed by atoms with Crippen molar-refractivity contribution < 1.29 is 9.32 Å². The molecule has 0 aliphatic rings. The summed E-state index contributed by atoms with van der Waals surface area (Å²) >= 11 is 0. The van der Waals surface area contributed by atoms with Gasteiger partial charge in [0.2, 0.25) is 0 Å². The molecule has 0 radical (unpaired) electrons. The maximum Gasteiger partial charge on any atom is 0.259 e. The molecule has 0 bridgehead atoms. The molecule has 1 amide bonds. The van der Waals surface area contributed by atoms with E-state index in [1.165, 1.54) is 0 Å². The van der Waals surface area contributed by atoms with Gasteiger partial charge in [-0.25, -0.2) is 4.98 Å². The third-order valence-electron chi connectivity index (χ3n) is 4.40. The number of pyridine rings is 1. The van der Waals surface area contributed by atoms with Crippen molar-refractivity contribution >= 4 is 17.0 Å². The summed E-state index contributed by atoms with van der Waals surface area (Å²) in [7, 11) is 1.82. The average molecular weight is 365 g/mol. The van der Waals surface area contributed by atoms with Crippen LogP contribution >= 0.6 is 0 Å². The number of carbonyl (C=O) groups excluding carboxylic acids is 1. The van der Waals surface area contributed by atoms with E-state index < -0.39 is 0 Å². The molecule has 0 atom stereocenters. The van der Waals surface area contributed by atoms with Gasteiger partial charge in [0.1, 0.15) is 0 Å². The van der Waals surface area contributed by atoms with Crippen molar-refractivity contribution in [2.75, 3.05) is 6.54 Å². The summed E-state index contributed by atoms with van der Waals surface area (Å²) in [5, 5.41) is 15.9. The molecule has 4 aromatic heterocycles. The minimum atomic E-state index is -0.205. The monoisotopic (exact) mass is 365 g/mol. The number of nitrogens with zero attached hydrogens (tertiary/aromatic N) is 6. The molecule has 0 aliphatic heterocycles. The first-order chi connectivity index (χ1) is 13.0. The van der Waals surface area contributed by atoms with Gasteiger partial charge in [0.05, 0.1) is 35.1 Å². The molecule has 4 aromatic rings. The highest BCUT2D eigenvalue weighted by atomic mass is 16.5. The zero-order valence-electron chi connectivity index (χ0n) is 15.3. The Bertz CT molecular complexity index is 1120. The van der Waals surface area contributed by atoms with E-state index in [-0.39, 0.29) is 5.91 Å². The number of hydrogen-bond acceptors (Lipinski definition) is 6. The average Bonchev–Trinajstić information content (AvgIpc) is 3.36. The van der Waals surface area contributed by atoms with Crippen LogP contribution in [0.3, 0.4) is 0 Å². The molecule has 0 unspecified atom stereocenters. The molecule has 0 aliphatic carbocycles. The van der Waals surface area contributed by atoms with Crippen LogP contribution < -0.4 is 5.32 Å². The fraction of sp³-hybridized carbons (Fsp3) is 0.278. The minimum absolute atomic E-state index is 0.205. The molecule has 0 saturated carbocycles. The molecule has 138 valence electrons. The lowest BCUT2D eigenvalue weighted by molar-refractivity contribution is 0.0953. The Morgan fingerprint density at radius 1 is 1.30 bits per heavy atom. The van der Waals surface area contributed by atoms with E-state index in [1.54, 1.807) is 30.1 Å². The Hall–Kier alpha value is -3.49. The first-order valence-electron chi connectivity index (χ1n) is 8.55. The van der Waals surface area contributed by atoms with Gasteiger partial charge in [0.25, 0.3) is 11.6 Å². The molecule has 1 N–H and O–H groups in total. The van der Waals surface area contributed by atoms with E-state index in [9.17, 15) is 4.79 Å². The van der Waals surface area contributed by atoms with Crippen LogP contribution in [-0.4, -0.2) is 42.2 Å². The van der Waals surface area contributed by atoms with Gasteiger partial charge in [-0.05, 0) is 26.0 Å². The van der Waals surface area contributed by atoms with Gasteiger partial charge in [-0.3, -0.25) is 14.2 Å². The lowest BCUT2D eigenvalue weighted by Crippen LogP contribution is -2.28. The van der Waals surface area contributed by atoms with Crippen LogP contribution in [0, 0.1) is 13.8 Å². The fourth-order valence-corrected chi connectivity index (χ4v) is 2.98. The molecule has 9 nitrogen and oxygen atoms in total. The third kappa shape index (κ3) is 3.19. The second kappa shape index (κ2) is 6.67. The molecule has 0 fully saturated rings. The van der Waals surface area contributed by atoms with E-state index in [0.29, 0.717) is 41.1 Å². The summed E-state index contributed by atoms with van der Waals surface area (Å²) < 4.78 is 8.83. The number of carbonyl (C=O) groups is 1. The van der Waals surface area contributed by atoms with Crippen LogP contribution in [0.2, 0.25) is 0 Å². The van der Waals surface area contributed by atoms with Crippen molar-refractivity contribution in [2.24, 2.45) is 7.05 Å². The van der Waals surface area contributed by atoms with E-state index >= 15 is 0 Å². The minimum Gasteiger partial charge on any atom is -0.350 e. The zero-order chi connectivity index (χ0) is 19.0. The highest BCUT2D eigenvalue weighted by Gasteiger charge is 2.19. The first-order valence-corrected chi connectivity index (χ1v) is 8.55. The topological polar surface area (TPSA) is 104 Å². The van der Waals surface area contributed by atoms with Crippen molar-refractivity contribution in [3.8, 4) is 11.3 Å². The Kier molecular flexibility index (Phi) is 4.19. The summed E-state index contributed by atoms with van der Waals surface area (Å²) in [5.74, 6) is -0.205. The summed E-state index contributed by atoms with van der Waals surface area (Å²) in [6.45, 7) is 4.82. The Balaban J connectivity index is 1.63. The van der Waals surface area contributed by atoms with Crippen molar-refractivity contribution in [1.82, 2.24) is 35.0 Å². The van der Waals surface area contributed by atoms with E-state index in [1.807, 2.05) is 30.9 Å². The second-order valence-corrected chi connectivity index (χ2v) is 6.36. The predicted octanol–water partition coefficient (Wildman–Crippen LogP) is 1.87. The van der Waals surface area contributed by atoms with E-state index in [2.05, 4.69) is 25.7 Å². The molecule has 27 heavy (non-hydrogen) atoms. The Labute approximate surface area is 155 Å². The highest BCUT2D eigenvalue weighted by molar-refractivity contribution is 6.06. The van der Waals surface area contributed by atoms with Gasteiger partial charge in [-0.1, -0.05) is 5.16 Å². The van der Waals surface area contributed by atoms with Crippen molar-refractivity contribution in [1.29, 1.82) is 0 Å². The van der Waals surface area contributed by atoms with Gasteiger partial charge in [-0.2, -0.15) is 10.2 Å². The summed E-state index contributed by atoms with van der Waals surface area (Å²) in [6.07, 6.45) is 5.27. The quantitative estimate of drug-likeness (QED) is 0.579. The number of rotatable bonds is 5. The van der Waals surface area contributed by atoms with Crippen LogP contribution in [0.15, 0.2) is 35.2 Å². The summed E-state index contributed by atoms with van der Waals surface area (Å²) in [4.78, 5) is 17.3. The number of nitrogens with one attached hydrogen (secondary N) is 1. The number of amides is 1. The van der Waals surface area contributed by atoms with E-state index in [4.69, 9.17) is 4.52 Å². The fourth-order valence-electron chi connectivity index (χ4n) is 2.98. The lowest BCUT2D eigenvalue weighted by Gasteiger charge is -2.09. The largest absolute Gasteiger partial charge is 0.350 e. The van der Waals surface area contributed by atoms with Crippen LogP contribution in [0.4, 0.5) is 0 Å². The van der Waals surface area contributed by atoms with Gasteiger partial charge < -0.3 is 9.84 Å². The number of aryl methyl sites for hydroxylation is 3. The maximum atomic E-state index is 12.9. The van der Waals surface area contributed by atoms with Gasteiger partial charge in [0.15, 0.2) is 0 Å². The van der Waals surface area contributed by atoms with Crippen LogP contribution in [-0.2, 0) is 13.6 Å². The molecule has 4 rings (SSSR count). The van der Waals surface area contributed by atoms with E-state index in [0.717, 1.165) is 11.3 Å². The Morgan fingerprint density at radius 3 is 2.85 bits per heavy atom. The predicted molar refractivity (Wildman–Crippen MR) is 98.0 cm³/mol. The van der Waals surface area contributed by atoms with Gasteiger partial charge >= 0.3 is 0 Å². The van der Waals surface area contributed by atoms with Crippen molar-refractivity contribution in [3.05, 3.63) is 47.7 Å². The highest BCUT2D eigenvalue weighted by Crippen LogP contribution is 2.26. The number of hydrogen-bond donors (Lipinski definition) is 1. The molecule has 0 spiro atoms. The van der Waals surface area contributed by atoms with Crippen LogP contribution in [0.5, 0.6) is 0 Å². The third-order valence-corrected chi connectivity index (χ3v) is 4.40. The van der Waals surface area contributed by atoms with Crippen molar-refractivity contribution in [3.63, 3.8) is 0 Å². The molecule has 0 aromatic carbocycles. The first kappa shape index (κ1) is 17.0. The standard InChI is InChI=1S/C18H19N7O2/c1-11-4-5-20-25(11)7-6-19-17(26)14-8-15(13-9-21-24(3)10-13)22-18-16(14)12(2)23-27-18/h4-5,8-10H,6-7H2,1-3H3,(H,19,26). The van der Waals surface area contributed by atoms with Gasteiger partial charge in [0, 0.05) is 37.2 Å². The smallest absolute Gasteiger partial charge is 0.259 e. The second-order valence-electron chi connectivity index (χ2n) is 6.36. The molecule has 0 saturated heterocycles. The summed E-state index contributed by atoms with van der Waals surface area (Å²) in [5.41, 5.74) is 3.90.